The molecule has 1 saturated heterocycles. The highest BCUT2D eigenvalue weighted by atomic mass is 32.2. The van der Waals surface area contributed by atoms with Crippen molar-refractivity contribution >= 4 is 9.84 Å². The second-order valence-corrected chi connectivity index (χ2v) is 6.73. The summed E-state index contributed by atoms with van der Waals surface area (Å²) in [6, 6.07) is 0. The van der Waals surface area contributed by atoms with Gasteiger partial charge in [-0.1, -0.05) is 11.6 Å². The number of hydrogen-bond acceptors (Lipinski definition) is 6. The molecule has 0 saturated carbocycles. The lowest BCUT2D eigenvalue weighted by atomic mass is 10.1. The maximum Gasteiger partial charge on any atom is 0.227 e. The van der Waals surface area contributed by atoms with Gasteiger partial charge in [0.25, 0.3) is 0 Å². The van der Waals surface area contributed by atoms with Crippen LogP contribution in [-0.2, 0) is 22.7 Å². The number of rotatable bonds is 4. The van der Waals surface area contributed by atoms with Crippen LogP contribution >= 0.6 is 0 Å². The van der Waals surface area contributed by atoms with Crippen molar-refractivity contribution in [1.29, 1.82) is 0 Å². The quantitative estimate of drug-likeness (QED) is 0.822. The Bertz CT molecular complexity index is 469. The van der Waals surface area contributed by atoms with Crippen molar-refractivity contribution < 1.29 is 12.9 Å². The van der Waals surface area contributed by atoms with Gasteiger partial charge in [-0.25, -0.2) is 8.42 Å². The van der Waals surface area contributed by atoms with Crippen LogP contribution < -0.4 is 5.73 Å². The number of nitrogens with two attached hydrogens (primary N) is 1. The van der Waals surface area contributed by atoms with Gasteiger partial charge < -0.3 is 10.3 Å². The summed E-state index contributed by atoms with van der Waals surface area (Å²) in [6.07, 6.45) is 3.31. The highest BCUT2D eigenvalue weighted by Gasteiger charge is 2.30. The Hall–Kier alpha value is -0.950. The largest absolute Gasteiger partial charge is 0.339 e. The lowest BCUT2D eigenvalue weighted by Gasteiger charge is -2.20. The third kappa shape index (κ3) is 3.04. The van der Waals surface area contributed by atoms with Gasteiger partial charge in [-0.3, -0.25) is 0 Å². The summed E-state index contributed by atoms with van der Waals surface area (Å²) >= 11 is 0. The molecule has 1 aliphatic rings. The molecule has 0 aromatic carbocycles. The van der Waals surface area contributed by atoms with Gasteiger partial charge in [-0.2, -0.15) is 4.98 Å². The third-order valence-corrected chi connectivity index (χ3v) is 5.27. The first-order valence-electron chi connectivity index (χ1n) is 5.85. The fourth-order valence-corrected chi connectivity index (χ4v) is 3.92. The van der Waals surface area contributed by atoms with Gasteiger partial charge in [0.1, 0.15) is 0 Å². The van der Waals surface area contributed by atoms with Crippen LogP contribution in [0.4, 0.5) is 0 Å². The van der Waals surface area contributed by atoms with E-state index in [1.807, 2.05) is 0 Å². The summed E-state index contributed by atoms with van der Waals surface area (Å²) in [5, 5.41) is 3.44. The van der Waals surface area contributed by atoms with Crippen molar-refractivity contribution in [2.24, 2.45) is 5.73 Å². The maximum absolute atomic E-state index is 11.8. The summed E-state index contributed by atoms with van der Waals surface area (Å²) in [6.45, 7) is 0.448. The lowest BCUT2D eigenvalue weighted by molar-refractivity contribution is 0.373. The molecule has 17 heavy (non-hydrogen) atoms. The first-order valence-corrected chi connectivity index (χ1v) is 7.56. The normalized spacial score (nSPS) is 23.7. The number of sulfone groups is 1. The molecule has 0 amide bonds. The van der Waals surface area contributed by atoms with Crippen LogP contribution in [0.3, 0.4) is 0 Å². The van der Waals surface area contributed by atoms with E-state index in [4.69, 9.17) is 10.3 Å². The molecule has 2 N–H and O–H groups in total. The highest BCUT2D eigenvalue weighted by molar-refractivity contribution is 7.92. The number of nitrogens with zero attached hydrogens (tertiary/aromatic N) is 2. The van der Waals surface area contributed by atoms with Gasteiger partial charge in [0.05, 0.1) is 11.0 Å². The van der Waals surface area contributed by atoms with Crippen molar-refractivity contribution in [3.05, 3.63) is 11.7 Å². The van der Waals surface area contributed by atoms with Crippen LogP contribution in [0.2, 0.25) is 0 Å². The van der Waals surface area contributed by atoms with E-state index >= 15 is 0 Å². The molecular formula is C10H17N3O3S. The molecule has 7 heteroatoms. The van der Waals surface area contributed by atoms with Gasteiger partial charge >= 0.3 is 0 Å². The molecule has 1 atom stereocenters. The molecule has 0 radical (unpaired) electrons. The predicted molar refractivity (Wildman–Crippen MR) is 62.2 cm³/mol. The van der Waals surface area contributed by atoms with Gasteiger partial charge in [-0.05, 0) is 12.8 Å². The molecule has 0 bridgehead atoms. The summed E-state index contributed by atoms with van der Waals surface area (Å²) in [4.78, 5) is 4.14. The number of hydrogen-bond donors (Lipinski definition) is 1. The molecule has 2 heterocycles. The van der Waals surface area contributed by atoms with E-state index in [1.54, 1.807) is 0 Å². The SMILES string of the molecule is NCCc1nc(CC2CCCCS2(=O)=O)no1. The zero-order valence-corrected chi connectivity index (χ0v) is 10.4. The van der Waals surface area contributed by atoms with Crippen LogP contribution in [0.15, 0.2) is 4.52 Å². The van der Waals surface area contributed by atoms with E-state index in [0.29, 0.717) is 37.5 Å². The van der Waals surface area contributed by atoms with Crippen molar-refractivity contribution in [3.63, 3.8) is 0 Å². The predicted octanol–water partition coefficient (Wildman–Crippen LogP) is 0.0806. The van der Waals surface area contributed by atoms with E-state index in [0.717, 1.165) is 12.8 Å². The molecule has 2 rings (SSSR count). The summed E-state index contributed by atoms with van der Waals surface area (Å²) in [5.41, 5.74) is 5.37. The molecule has 6 nitrogen and oxygen atoms in total. The second kappa shape index (κ2) is 5.14. The van der Waals surface area contributed by atoms with E-state index in [9.17, 15) is 8.42 Å². The molecule has 1 aromatic heterocycles. The molecule has 96 valence electrons. The Balaban J connectivity index is 2.04. The minimum Gasteiger partial charge on any atom is -0.339 e. The molecule has 1 unspecified atom stereocenters. The minimum atomic E-state index is -2.97. The zero-order valence-electron chi connectivity index (χ0n) is 9.63. The average molecular weight is 259 g/mol. The Morgan fingerprint density at radius 3 is 2.94 bits per heavy atom. The van der Waals surface area contributed by atoms with E-state index < -0.39 is 9.84 Å². The molecule has 1 fully saturated rings. The minimum absolute atomic E-state index is 0.283. The van der Waals surface area contributed by atoms with Crippen LogP contribution in [0.1, 0.15) is 31.0 Å². The summed E-state index contributed by atoms with van der Waals surface area (Å²) < 4.78 is 28.6. The number of aromatic nitrogens is 2. The smallest absolute Gasteiger partial charge is 0.227 e. The van der Waals surface area contributed by atoms with Crippen LogP contribution in [-0.4, -0.2) is 36.1 Å². The van der Waals surface area contributed by atoms with Crippen molar-refractivity contribution in [3.8, 4) is 0 Å². The van der Waals surface area contributed by atoms with Gasteiger partial charge in [0, 0.05) is 19.4 Å². The molecular weight excluding hydrogens is 242 g/mol. The second-order valence-electron chi connectivity index (χ2n) is 4.33. The molecule has 1 aromatic rings. The Labute approximate surface area is 100 Å². The lowest BCUT2D eigenvalue weighted by Crippen LogP contribution is -2.30. The van der Waals surface area contributed by atoms with E-state index in [2.05, 4.69) is 10.1 Å². The highest BCUT2D eigenvalue weighted by Crippen LogP contribution is 2.22. The fraction of sp³-hybridized carbons (Fsp3) is 0.800. The Kier molecular flexibility index (Phi) is 3.78. The van der Waals surface area contributed by atoms with Crippen LogP contribution in [0.5, 0.6) is 0 Å². The van der Waals surface area contributed by atoms with E-state index in [-0.39, 0.29) is 11.0 Å². The van der Waals surface area contributed by atoms with Gasteiger partial charge in [0.2, 0.25) is 5.89 Å². The molecule has 0 spiro atoms. The zero-order chi connectivity index (χ0) is 12.3. The Morgan fingerprint density at radius 1 is 1.41 bits per heavy atom. The molecule has 0 aliphatic carbocycles. The Morgan fingerprint density at radius 2 is 2.24 bits per heavy atom. The van der Waals surface area contributed by atoms with Crippen LogP contribution in [0.25, 0.3) is 0 Å². The van der Waals surface area contributed by atoms with E-state index in [1.165, 1.54) is 0 Å². The maximum atomic E-state index is 11.8. The molecule has 1 aliphatic heterocycles. The standard InChI is InChI=1S/C10H17N3O3S/c11-5-4-10-12-9(13-16-10)7-8-3-1-2-6-17(8,14)15/h8H,1-7,11H2. The van der Waals surface area contributed by atoms with Gasteiger partial charge in [-0.15, -0.1) is 0 Å². The van der Waals surface area contributed by atoms with Crippen molar-refractivity contribution in [1.82, 2.24) is 10.1 Å². The average Bonchev–Trinajstić information content (AvgIpc) is 2.70. The summed E-state index contributed by atoms with van der Waals surface area (Å²) in [5.74, 6) is 1.24. The van der Waals surface area contributed by atoms with Crippen molar-refractivity contribution in [2.75, 3.05) is 12.3 Å². The fourth-order valence-electron chi connectivity index (χ4n) is 2.05. The van der Waals surface area contributed by atoms with Crippen molar-refractivity contribution in [2.45, 2.75) is 37.4 Å². The monoisotopic (exact) mass is 259 g/mol. The van der Waals surface area contributed by atoms with Crippen LogP contribution in [0, 0.1) is 0 Å². The first-order chi connectivity index (χ1) is 8.12. The third-order valence-electron chi connectivity index (χ3n) is 2.99. The van der Waals surface area contributed by atoms with Gasteiger partial charge in [0.15, 0.2) is 15.7 Å². The topological polar surface area (TPSA) is 99.1 Å². The first kappa shape index (κ1) is 12.5. The summed E-state index contributed by atoms with van der Waals surface area (Å²) in [7, 11) is -2.97.